The minimum Gasteiger partial charge on any atom is -0.343 e. The molecule has 1 N–H and O–H groups in total. The zero-order valence-corrected chi connectivity index (χ0v) is 14.2. The van der Waals surface area contributed by atoms with Crippen LogP contribution in [0.25, 0.3) is 11.0 Å². The monoisotopic (exact) mass is 339 g/mol. The zero-order chi connectivity index (χ0) is 16.4. The van der Waals surface area contributed by atoms with Crippen molar-refractivity contribution in [1.82, 2.24) is 9.97 Å². The van der Waals surface area contributed by atoms with Gasteiger partial charge in [0.2, 0.25) is 0 Å². The lowest BCUT2D eigenvalue weighted by atomic mass is 10.2. The van der Waals surface area contributed by atoms with Gasteiger partial charge in [0, 0.05) is 5.56 Å². The van der Waals surface area contributed by atoms with E-state index >= 15 is 0 Å². The van der Waals surface area contributed by atoms with Crippen LogP contribution in [0.3, 0.4) is 0 Å². The minimum absolute atomic E-state index is 0.500. The number of halogens is 1. The largest absolute Gasteiger partial charge is 0.343 e. The van der Waals surface area contributed by atoms with Crippen molar-refractivity contribution < 1.29 is 4.90 Å². The molecule has 0 unspecified atom stereocenters. The van der Waals surface area contributed by atoms with E-state index in [0.717, 1.165) is 49.6 Å². The summed E-state index contributed by atoms with van der Waals surface area (Å²) in [7, 11) is 0. The van der Waals surface area contributed by atoms with Crippen molar-refractivity contribution >= 4 is 28.5 Å². The van der Waals surface area contributed by atoms with Gasteiger partial charge in [-0.15, -0.1) is 0 Å². The molecule has 122 valence electrons. The molecule has 0 aliphatic carbocycles. The second kappa shape index (κ2) is 6.75. The Bertz CT molecular complexity index is 829. The quantitative estimate of drug-likeness (QED) is 0.794. The number of fused-ring (bicyclic) bond motifs is 1. The zero-order valence-electron chi connectivity index (χ0n) is 13.5. The lowest BCUT2D eigenvalue weighted by Gasteiger charge is -2.33. The fraction of sp³-hybridized carbons (Fsp3) is 0.263. The van der Waals surface area contributed by atoms with E-state index in [4.69, 9.17) is 16.6 Å². The SMILES string of the molecule is Clc1nc2ccccc2nc1N1CC[NH+](Cc2ccccc2)CC1. The van der Waals surface area contributed by atoms with E-state index in [0.29, 0.717) is 5.15 Å². The van der Waals surface area contributed by atoms with Crippen molar-refractivity contribution in [2.75, 3.05) is 31.1 Å². The van der Waals surface area contributed by atoms with Crippen LogP contribution in [-0.4, -0.2) is 36.1 Å². The number of anilines is 1. The second-order valence-corrected chi connectivity index (χ2v) is 6.58. The summed E-state index contributed by atoms with van der Waals surface area (Å²) in [6.07, 6.45) is 0. The molecule has 2 heterocycles. The molecule has 24 heavy (non-hydrogen) atoms. The molecular weight excluding hydrogens is 320 g/mol. The smallest absolute Gasteiger partial charge is 0.172 e. The number of piperazine rings is 1. The Morgan fingerprint density at radius 3 is 2.21 bits per heavy atom. The first-order valence-corrected chi connectivity index (χ1v) is 8.72. The van der Waals surface area contributed by atoms with E-state index in [1.54, 1.807) is 4.90 Å². The lowest BCUT2D eigenvalue weighted by molar-refractivity contribution is -0.914. The van der Waals surface area contributed by atoms with Gasteiger partial charge in [0.25, 0.3) is 0 Å². The van der Waals surface area contributed by atoms with Crippen LogP contribution in [0.5, 0.6) is 0 Å². The molecule has 1 saturated heterocycles. The van der Waals surface area contributed by atoms with E-state index in [1.807, 2.05) is 24.3 Å². The van der Waals surface area contributed by atoms with Gasteiger partial charge in [-0.05, 0) is 12.1 Å². The van der Waals surface area contributed by atoms with Crippen LogP contribution in [-0.2, 0) is 6.54 Å². The molecule has 5 heteroatoms. The number of para-hydroxylation sites is 2. The topological polar surface area (TPSA) is 33.5 Å². The van der Waals surface area contributed by atoms with Crippen LogP contribution in [0.4, 0.5) is 5.82 Å². The first-order valence-electron chi connectivity index (χ1n) is 8.34. The number of hydrogen-bond donors (Lipinski definition) is 1. The molecule has 1 fully saturated rings. The normalized spacial score (nSPS) is 15.8. The van der Waals surface area contributed by atoms with E-state index in [9.17, 15) is 0 Å². The van der Waals surface area contributed by atoms with Crippen molar-refractivity contribution in [2.45, 2.75) is 6.54 Å². The van der Waals surface area contributed by atoms with Crippen LogP contribution in [0.1, 0.15) is 5.56 Å². The molecular formula is C19H20ClN4+. The Morgan fingerprint density at radius 1 is 0.875 bits per heavy atom. The summed E-state index contributed by atoms with van der Waals surface area (Å²) in [5, 5.41) is 0.500. The highest BCUT2D eigenvalue weighted by Crippen LogP contribution is 2.24. The second-order valence-electron chi connectivity index (χ2n) is 6.23. The van der Waals surface area contributed by atoms with Crippen LogP contribution >= 0.6 is 11.6 Å². The predicted octanol–water partition coefficient (Wildman–Crippen LogP) is 2.19. The molecule has 4 rings (SSSR count). The third-order valence-electron chi connectivity index (χ3n) is 4.58. The number of benzene rings is 2. The van der Waals surface area contributed by atoms with Gasteiger partial charge >= 0.3 is 0 Å². The first-order chi connectivity index (χ1) is 11.8. The molecule has 1 aliphatic rings. The molecule has 0 bridgehead atoms. The van der Waals surface area contributed by atoms with E-state index in [1.165, 1.54) is 5.56 Å². The van der Waals surface area contributed by atoms with Crippen LogP contribution in [0.15, 0.2) is 54.6 Å². The Hall–Kier alpha value is -2.17. The van der Waals surface area contributed by atoms with Gasteiger partial charge in [0.1, 0.15) is 6.54 Å². The fourth-order valence-electron chi connectivity index (χ4n) is 3.27. The van der Waals surface area contributed by atoms with Crippen molar-refractivity contribution in [2.24, 2.45) is 0 Å². The Kier molecular flexibility index (Phi) is 4.32. The number of nitrogens with one attached hydrogen (secondary N) is 1. The summed E-state index contributed by atoms with van der Waals surface area (Å²) in [6.45, 7) is 5.15. The number of rotatable bonds is 3. The summed E-state index contributed by atoms with van der Waals surface area (Å²) >= 11 is 6.38. The molecule has 1 aromatic heterocycles. The Balaban J connectivity index is 1.47. The third-order valence-corrected chi connectivity index (χ3v) is 4.83. The Labute approximate surface area is 146 Å². The summed E-state index contributed by atoms with van der Waals surface area (Å²) in [6, 6.07) is 18.5. The van der Waals surface area contributed by atoms with Gasteiger partial charge in [-0.1, -0.05) is 54.1 Å². The molecule has 1 aliphatic heterocycles. The summed E-state index contributed by atoms with van der Waals surface area (Å²) < 4.78 is 0. The maximum absolute atomic E-state index is 6.38. The number of quaternary nitrogens is 1. The van der Waals surface area contributed by atoms with Gasteiger partial charge in [-0.2, -0.15) is 0 Å². The average Bonchev–Trinajstić information content (AvgIpc) is 2.63. The molecule has 0 saturated carbocycles. The van der Waals surface area contributed by atoms with Crippen molar-refractivity contribution in [3.05, 3.63) is 65.3 Å². The molecule has 3 aromatic rings. The molecule has 0 amide bonds. The molecule has 0 radical (unpaired) electrons. The first kappa shape index (κ1) is 15.4. The highest BCUT2D eigenvalue weighted by atomic mass is 35.5. The third kappa shape index (κ3) is 3.21. The van der Waals surface area contributed by atoms with E-state index < -0.39 is 0 Å². The molecule has 2 aromatic carbocycles. The summed E-state index contributed by atoms with van der Waals surface area (Å²) in [5.41, 5.74) is 3.14. The maximum Gasteiger partial charge on any atom is 0.172 e. The minimum atomic E-state index is 0.500. The highest BCUT2D eigenvalue weighted by molar-refractivity contribution is 6.32. The highest BCUT2D eigenvalue weighted by Gasteiger charge is 2.23. The number of aromatic nitrogens is 2. The van der Waals surface area contributed by atoms with Gasteiger partial charge < -0.3 is 9.80 Å². The van der Waals surface area contributed by atoms with E-state index in [2.05, 4.69) is 40.2 Å². The van der Waals surface area contributed by atoms with Gasteiger partial charge in [0.05, 0.1) is 37.2 Å². The van der Waals surface area contributed by atoms with Crippen molar-refractivity contribution in [1.29, 1.82) is 0 Å². The molecule has 0 atom stereocenters. The molecule has 0 spiro atoms. The van der Waals surface area contributed by atoms with Crippen LogP contribution in [0.2, 0.25) is 5.15 Å². The average molecular weight is 340 g/mol. The molecule has 4 nitrogen and oxygen atoms in total. The van der Waals surface area contributed by atoms with Crippen LogP contribution in [0, 0.1) is 0 Å². The summed E-state index contributed by atoms with van der Waals surface area (Å²) in [5.74, 6) is 0.814. The number of nitrogens with zero attached hydrogens (tertiary/aromatic N) is 3. The Morgan fingerprint density at radius 2 is 1.50 bits per heavy atom. The summed E-state index contributed by atoms with van der Waals surface area (Å²) in [4.78, 5) is 13.1. The van der Waals surface area contributed by atoms with Gasteiger partial charge in [-0.3, -0.25) is 0 Å². The number of hydrogen-bond acceptors (Lipinski definition) is 3. The predicted molar refractivity (Wildman–Crippen MR) is 97.6 cm³/mol. The fourth-order valence-corrected chi connectivity index (χ4v) is 3.52. The van der Waals surface area contributed by atoms with E-state index in [-0.39, 0.29) is 0 Å². The van der Waals surface area contributed by atoms with Crippen molar-refractivity contribution in [3.63, 3.8) is 0 Å². The lowest BCUT2D eigenvalue weighted by Crippen LogP contribution is -3.13. The van der Waals surface area contributed by atoms with Crippen molar-refractivity contribution in [3.8, 4) is 0 Å². The van der Waals surface area contributed by atoms with Gasteiger partial charge in [0.15, 0.2) is 11.0 Å². The van der Waals surface area contributed by atoms with Crippen LogP contribution < -0.4 is 9.80 Å². The maximum atomic E-state index is 6.38. The van der Waals surface area contributed by atoms with Gasteiger partial charge in [-0.25, -0.2) is 9.97 Å². The standard InChI is InChI=1S/C19H19ClN4/c20-18-19(22-17-9-5-4-8-16(17)21-18)24-12-10-23(11-13-24)14-15-6-2-1-3-7-15/h1-9H,10-14H2/p+1.